The average molecular weight is 263 g/mol. The number of aromatic nitrogens is 1. The second kappa shape index (κ2) is 5.22. The van der Waals surface area contributed by atoms with Crippen LogP contribution < -0.4 is 4.74 Å². The maximum absolute atomic E-state index is 13.6. The number of carbonyl (C=O) groups is 1. The van der Waals surface area contributed by atoms with Crippen molar-refractivity contribution in [1.29, 1.82) is 0 Å². The first-order valence-corrected chi connectivity index (χ1v) is 5.88. The number of ether oxygens (including phenoxy) is 2. The molecule has 19 heavy (non-hydrogen) atoms. The molecule has 1 heterocycles. The predicted molar refractivity (Wildman–Crippen MR) is 68.9 cm³/mol. The third kappa shape index (κ3) is 2.50. The van der Waals surface area contributed by atoms with Gasteiger partial charge in [0, 0.05) is 17.5 Å². The number of methoxy groups -OCH3 is 1. The second-order valence-electron chi connectivity index (χ2n) is 4.05. The van der Waals surface area contributed by atoms with Gasteiger partial charge in [0.25, 0.3) is 0 Å². The fraction of sp³-hybridized carbons (Fsp3) is 0.286. The summed E-state index contributed by atoms with van der Waals surface area (Å²) in [6.45, 7) is 3.94. The van der Waals surface area contributed by atoms with Crippen molar-refractivity contribution in [2.45, 2.75) is 13.8 Å². The van der Waals surface area contributed by atoms with E-state index in [1.807, 2.05) is 6.92 Å². The number of fused-ring (bicyclic) bond motifs is 1. The van der Waals surface area contributed by atoms with Gasteiger partial charge in [0.1, 0.15) is 11.6 Å². The third-order valence-electron chi connectivity index (χ3n) is 2.75. The van der Waals surface area contributed by atoms with E-state index in [0.717, 1.165) is 0 Å². The van der Waals surface area contributed by atoms with Crippen LogP contribution in [0.4, 0.5) is 4.39 Å². The zero-order chi connectivity index (χ0) is 14.0. The van der Waals surface area contributed by atoms with Crippen molar-refractivity contribution in [2.75, 3.05) is 13.7 Å². The van der Waals surface area contributed by atoms with Crippen LogP contribution in [0.5, 0.6) is 5.75 Å². The zero-order valence-electron chi connectivity index (χ0n) is 11.0. The highest BCUT2D eigenvalue weighted by molar-refractivity contribution is 5.94. The number of nitrogens with zero attached hydrogens (tertiary/aromatic N) is 1. The largest absolute Gasteiger partial charge is 0.493 e. The second-order valence-corrected chi connectivity index (χ2v) is 4.05. The predicted octanol–water partition coefficient (Wildman–Crippen LogP) is 2.87. The number of pyridine rings is 1. The van der Waals surface area contributed by atoms with Gasteiger partial charge in [-0.1, -0.05) is 0 Å². The molecule has 0 fully saturated rings. The number of rotatable bonds is 3. The standard InChI is InChI=1S/C14H14FNO3/c1-4-19-13-7-12(14(17)18-3)16-11-6-10(15)8(2)5-9(11)13/h5-7H,4H2,1-3H3. The smallest absolute Gasteiger partial charge is 0.356 e. The Hall–Kier alpha value is -2.17. The van der Waals surface area contributed by atoms with Gasteiger partial charge in [-0.25, -0.2) is 14.2 Å². The van der Waals surface area contributed by atoms with E-state index in [1.165, 1.54) is 19.2 Å². The minimum Gasteiger partial charge on any atom is -0.493 e. The van der Waals surface area contributed by atoms with Crippen LogP contribution in [0.25, 0.3) is 10.9 Å². The van der Waals surface area contributed by atoms with E-state index < -0.39 is 5.97 Å². The number of hydrogen-bond donors (Lipinski definition) is 0. The molecule has 1 aromatic heterocycles. The first-order chi connectivity index (χ1) is 9.06. The van der Waals surface area contributed by atoms with Gasteiger partial charge in [-0.2, -0.15) is 0 Å². The highest BCUT2D eigenvalue weighted by Crippen LogP contribution is 2.28. The number of esters is 1. The van der Waals surface area contributed by atoms with Crippen LogP contribution in [0.2, 0.25) is 0 Å². The maximum atomic E-state index is 13.6. The molecule has 0 aliphatic heterocycles. The van der Waals surface area contributed by atoms with E-state index >= 15 is 0 Å². The Bertz CT molecular complexity index is 640. The summed E-state index contributed by atoms with van der Waals surface area (Å²) in [5.41, 5.74) is 0.970. The van der Waals surface area contributed by atoms with E-state index in [-0.39, 0.29) is 11.5 Å². The SMILES string of the molecule is CCOc1cc(C(=O)OC)nc2cc(F)c(C)cc12. The molecule has 0 unspecified atom stereocenters. The van der Waals surface area contributed by atoms with Crippen LogP contribution in [0.15, 0.2) is 18.2 Å². The van der Waals surface area contributed by atoms with Gasteiger partial charge < -0.3 is 9.47 Å². The fourth-order valence-corrected chi connectivity index (χ4v) is 1.81. The quantitative estimate of drug-likeness (QED) is 0.799. The molecule has 100 valence electrons. The van der Waals surface area contributed by atoms with E-state index in [2.05, 4.69) is 9.72 Å². The summed E-state index contributed by atoms with van der Waals surface area (Å²) < 4.78 is 23.7. The minimum atomic E-state index is -0.580. The third-order valence-corrected chi connectivity index (χ3v) is 2.75. The number of benzene rings is 1. The van der Waals surface area contributed by atoms with Gasteiger partial charge in [0.2, 0.25) is 0 Å². The molecule has 1 aromatic carbocycles. The lowest BCUT2D eigenvalue weighted by atomic mass is 10.1. The first kappa shape index (κ1) is 13.3. The molecular weight excluding hydrogens is 249 g/mol. The van der Waals surface area contributed by atoms with Gasteiger partial charge in [-0.05, 0) is 25.5 Å². The first-order valence-electron chi connectivity index (χ1n) is 5.88. The molecule has 5 heteroatoms. The van der Waals surface area contributed by atoms with Crippen LogP contribution in [-0.2, 0) is 4.74 Å². The molecule has 2 aromatic rings. The minimum absolute atomic E-state index is 0.0988. The molecule has 0 atom stereocenters. The van der Waals surface area contributed by atoms with Crippen molar-refractivity contribution in [3.63, 3.8) is 0 Å². The lowest BCUT2D eigenvalue weighted by molar-refractivity contribution is 0.0594. The van der Waals surface area contributed by atoms with Crippen molar-refractivity contribution in [3.05, 3.63) is 35.3 Å². The Labute approximate surface area is 110 Å². The van der Waals surface area contributed by atoms with Crippen LogP contribution >= 0.6 is 0 Å². The number of carbonyl (C=O) groups excluding carboxylic acids is 1. The molecule has 0 radical (unpaired) electrons. The number of aryl methyl sites for hydroxylation is 1. The monoisotopic (exact) mass is 263 g/mol. The molecular formula is C14H14FNO3. The molecule has 0 bridgehead atoms. The summed E-state index contributed by atoms with van der Waals surface area (Å²) in [6, 6.07) is 4.46. The molecule has 0 aliphatic carbocycles. The number of halogens is 1. The van der Waals surface area contributed by atoms with Crippen molar-refractivity contribution in [2.24, 2.45) is 0 Å². The van der Waals surface area contributed by atoms with Gasteiger partial charge in [-0.3, -0.25) is 0 Å². The Morgan fingerprint density at radius 1 is 1.37 bits per heavy atom. The zero-order valence-corrected chi connectivity index (χ0v) is 11.0. The molecule has 0 aliphatic rings. The van der Waals surface area contributed by atoms with E-state index in [0.29, 0.717) is 28.8 Å². The van der Waals surface area contributed by atoms with Crippen molar-refractivity contribution in [3.8, 4) is 5.75 Å². The van der Waals surface area contributed by atoms with Crippen molar-refractivity contribution in [1.82, 2.24) is 4.98 Å². The van der Waals surface area contributed by atoms with Crippen LogP contribution in [-0.4, -0.2) is 24.7 Å². The summed E-state index contributed by atoms with van der Waals surface area (Å²) in [7, 11) is 1.27. The maximum Gasteiger partial charge on any atom is 0.356 e. The van der Waals surface area contributed by atoms with Gasteiger partial charge >= 0.3 is 5.97 Å². The van der Waals surface area contributed by atoms with Gasteiger partial charge in [0.15, 0.2) is 5.69 Å². The number of hydrogen-bond acceptors (Lipinski definition) is 4. The van der Waals surface area contributed by atoms with Crippen LogP contribution in [0, 0.1) is 12.7 Å². The Morgan fingerprint density at radius 2 is 2.11 bits per heavy atom. The summed E-state index contributed by atoms with van der Waals surface area (Å²) in [6.07, 6.45) is 0. The van der Waals surface area contributed by atoms with E-state index in [9.17, 15) is 9.18 Å². The summed E-state index contributed by atoms with van der Waals surface area (Å²) in [5, 5.41) is 0.674. The Kier molecular flexibility index (Phi) is 3.64. The molecule has 0 amide bonds. The van der Waals surface area contributed by atoms with Crippen LogP contribution in [0.3, 0.4) is 0 Å². The Morgan fingerprint density at radius 3 is 2.74 bits per heavy atom. The highest BCUT2D eigenvalue weighted by atomic mass is 19.1. The Balaban J connectivity index is 2.71. The lowest BCUT2D eigenvalue weighted by Crippen LogP contribution is -2.06. The summed E-state index contributed by atoms with van der Waals surface area (Å²) in [5.74, 6) is -0.454. The van der Waals surface area contributed by atoms with Crippen LogP contribution in [0.1, 0.15) is 23.0 Å². The molecule has 4 nitrogen and oxygen atoms in total. The van der Waals surface area contributed by atoms with Crippen molar-refractivity contribution >= 4 is 16.9 Å². The summed E-state index contributed by atoms with van der Waals surface area (Å²) in [4.78, 5) is 15.6. The van der Waals surface area contributed by atoms with E-state index in [4.69, 9.17) is 4.74 Å². The molecule has 0 N–H and O–H groups in total. The summed E-state index contributed by atoms with van der Waals surface area (Å²) >= 11 is 0. The van der Waals surface area contributed by atoms with Gasteiger partial charge in [-0.15, -0.1) is 0 Å². The molecule has 0 spiro atoms. The lowest BCUT2D eigenvalue weighted by Gasteiger charge is -2.10. The highest BCUT2D eigenvalue weighted by Gasteiger charge is 2.14. The molecule has 2 rings (SSSR count). The van der Waals surface area contributed by atoms with Gasteiger partial charge in [0.05, 0.1) is 19.2 Å². The molecule has 0 saturated heterocycles. The average Bonchev–Trinajstić information content (AvgIpc) is 2.40. The topological polar surface area (TPSA) is 48.4 Å². The van der Waals surface area contributed by atoms with E-state index in [1.54, 1.807) is 13.0 Å². The van der Waals surface area contributed by atoms with Crippen molar-refractivity contribution < 1.29 is 18.7 Å². The normalized spacial score (nSPS) is 10.5. The molecule has 0 saturated carbocycles. The fourth-order valence-electron chi connectivity index (χ4n) is 1.81.